The van der Waals surface area contributed by atoms with E-state index in [0.29, 0.717) is 11.5 Å². The van der Waals surface area contributed by atoms with Crippen molar-refractivity contribution in [2.24, 2.45) is 5.92 Å². The van der Waals surface area contributed by atoms with Gasteiger partial charge in [0.15, 0.2) is 0 Å². The molecule has 2 rings (SSSR count). The summed E-state index contributed by atoms with van der Waals surface area (Å²) in [5.74, 6) is 0.224. The highest BCUT2D eigenvalue weighted by Crippen LogP contribution is 2.18. The molecule has 1 saturated heterocycles. The SMILES string of the molecule is CNCC1CCCN(C(=O)c2ccc(F)cc2)C1.Cl. The summed E-state index contributed by atoms with van der Waals surface area (Å²) in [4.78, 5) is 14.1. The highest BCUT2D eigenvalue weighted by atomic mass is 35.5. The van der Waals surface area contributed by atoms with Crippen LogP contribution in [0.1, 0.15) is 23.2 Å². The summed E-state index contributed by atoms with van der Waals surface area (Å²) >= 11 is 0. The second kappa shape index (κ2) is 7.46. The highest BCUT2D eigenvalue weighted by Gasteiger charge is 2.23. The number of benzene rings is 1. The standard InChI is InChI=1S/C14H19FN2O.ClH/c1-16-9-11-3-2-8-17(10-11)14(18)12-4-6-13(15)7-5-12;/h4-7,11,16H,2-3,8-10H2,1H3;1H. The number of piperidine rings is 1. The molecule has 0 bridgehead atoms. The molecular weight excluding hydrogens is 267 g/mol. The molecule has 106 valence electrons. The van der Waals surface area contributed by atoms with Gasteiger partial charge in [-0.2, -0.15) is 0 Å². The number of hydrogen-bond acceptors (Lipinski definition) is 2. The molecule has 0 radical (unpaired) electrons. The van der Waals surface area contributed by atoms with Crippen LogP contribution in [0.15, 0.2) is 24.3 Å². The van der Waals surface area contributed by atoms with Crippen molar-refractivity contribution in [2.75, 3.05) is 26.7 Å². The minimum absolute atomic E-state index is 0. The van der Waals surface area contributed by atoms with E-state index in [1.165, 1.54) is 12.1 Å². The molecule has 1 aliphatic rings. The molecule has 1 amide bonds. The Kier molecular flexibility index (Phi) is 6.25. The molecule has 1 N–H and O–H groups in total. The van der Waals surface area contributed by atoms with E-state index in [1.54, 1.807) is 12.1 Å². The normalized spacial score (nSPS) is 18.8. The summed E-state index contributed by atoms with van der Waals surface area (Å²) in [5.41, 5.74) is 0.571. The van der Waals surface area contributed by atoms with Gasteiger partial charge in [-0.1, -0.05) is 0 Å². The molecule has 1 unspecified atom stereocenters. The van der Waals surface area contributed by atoms with Crippen LogP contribution in [0.25, 0.3) is 0 Å². The van der Waals surface area contributed by atoms with Crippen LogP contribution in [0.4, 0.5) is 4.39 Å². The van der Waals surface area contributed by atoms with Gasteiger partial charge in [0.1, 0.15) is 5.82 Å². The first-order valence-corrected chi connectivity index (χ1v) is 6.40. The summed E-state index contributed by atoms with van der Waals surface area (Å²) in [6.45, 7) is 2.53. The Balaban J connectivity index is 0.00000180. The topological polar surface area (TPSA) is 32.3 Å². The molecule has 5 heteroatoms. The Labute approximate surface area is 119 Å². The van der Waals surface area contributed by atoms with Crippen molar-refractivity contribution in [2.45, 2.75) is 12.8 Å². The lowest BCUT2D eigenvalue weighted by Gasteiger charge is -2.32. The third-order valence-corrected chi connectivity index (χ3v) is 3.39. The van der Waals surface area contributed by atoms with Gasteiger partial charge >= 0.3 is 0 Å². The van der Waals surface area contributed by atoms with Gasteiger partial charge in [0.25, 0.3) is 5.91 Å². The second-order valence-electron chi connectivity index (χ2n) is 4.82. The van der Waals surface area contributed by atoms with Crippen LogP contribution in [0.2, 0.25) is 0 Å². The van der Waals surface area contributed by atoms with Crippen molar-refractivity contribution in [3.05, 3.63) is 35.6 Å². The Morgan fingerprint density at radius 1 is 1.42 bits per heavy atom. The van der Waals surface area contributed by atoms with Crippen LogP contribution in [-0.2, 0) is 0 Å². The fourth-order valence-electron chi connectivity index (χ4n) is 2.48. The number of hydrogen-bond donors (Lipinski definition) is 1. The third kappa shape index (κ3) is 4.18. The van der Waals surface area contributed by atoms with Gasteiger partial charge in [-0.15, -0.1) is 12.4 Å². The molecule has 1 atom stereocenters. The van der Waals surface area contributed by atoms with E-state index in [0.717, 1.165) is 32.5 Å². The number of halogens is 2. The highest BCUT2D eigenvalue weighted by molar-refractivity contribution is 5.94. The average molecular weight is 287 g/mol. The minimum atomic E-state index is -0.307. The molecule has 1 heterocycles. The summed E-state index contributed by atoms with van der Waals surface area (Å²) in [6.07, 6.45) is 2.20. The second-order valence-corrected chi connectivity index (χ2v) is 4.82. The third-order valence-electron chi connectivity index (χ3n) is 3.39. The molecular formula is C14H20ClFN2O. The van der Waals surface area contributed by atoms with E-state index in [-0.39, 0.29) is 24.1 Å². The molecule has 0 saturated carbocycles. The summed E-state index contributed by atoms with van der Waals surface area (Å²) in [5, 5.41) is 3.16. The first-order chi connectivity index (χ1) is 8.70. The Bertz CT molecular complexity index is 408. The van der Waals surface area contributed by atoms with Crippen LogP contribution in [0.3, 0.4) is 0 Å². The summed E-state index contributed by atoms with van der Waals surface area (Å²) < 4.78 is 12.8. The zero-order valence-corrected chi connectivity index (χ0v) is 11.9. The van der Waals surface area contributed by atoms with E-state index in [2.05, 4.69) is 5.32 Å². The van der Waals surface area contributed by atoms with Crippen LogP contribution in [0, 0.1) is 11.7 Å². The van der Waals surface area contributed by atoms with Gasteiger partial charge in [0.05, 0.1) is 0 Å². The first kappa shape index (κ1) is 15.9. The van der Waals surface area contributed by atoms with Crippen molar-refractivity contribution in [1.29, 1.82) is 0 Å². The van der Waals surface area contributed by atoms with Crippen LogP contribution in [0.5, 0.6) is 0 Å². The lowest BCUT2D eigenvalue weighted by Crippen LogP contribution is -2.42. The van der Waals surface area contributed by atoms with Crippen LogP contribution >= 0.6 is 12.4 Å². The van der Waals surface area contributed by atoms with Crippen molar-refractivity contribution in [3.63, 3.8) is 0 Å². The summed E-state index contributed by atoms with van der Waals surface area (Å²) in [7, 11) is 1.93. The van der Waals surface area contributed by atoms with Crippen LogP contribution < -0.4 is 5.32 Å². The molecule has 3 nitrogen and oxygen atoms in total. The monoisotopic (exact) mass is 286 g/mol. The molecule has 19 heavy (non-hydrogen) atoms. The fourth-order valence-corrected chi connectivity index (χ4v) is 2.48. The number of carbonyl (C=O) groups excluding carboxylic acids is 1. The Hall–Kier alpha value is -1.13. The molecule has 0 aromatic heterocycles. The minimum Gasteiger partial charge on any atom is -0.338 e. The van der Waals surface area contributed by atoms with E-state index in [9.17, 15) is 9.18 Å². The quantitative estimate of drug-likeness (QED) is 0.925. The lowest BCUT2D eigenvalue weighted by atomic mass is 9.97. The van der Waals surface area contributed by atoms with Crippen molar-refractivity contribution < 1.29 is 9.18 Å². The largest absolute Gasteiger partial charge is 0.338 e. The number of nitrogens with zero attached hydrogens (tertiary/aromatic N) is 1. The van der Waals surface area contributed by atoms with E-state index in [1.807, 2.05) is 11.9 Å². The predicted molar refractivity (Wildman–Crippen MR) is 76.2 cm³/mol. The maximum atomic E-state index is 12.8. The Morgan fingerprint density at radius 2 is 2.11 bits per heavy atom. The maximum Gasteiger partial charge on any atom is 0.253 e. The molecule has 1 aromatic rings. The zero-order valence-electron chi connectivity index (χ0n) is 11.1. The Morgan fingerprint density at radius 3 is 2.74 bits per heavy atom. The molecule has 1 fully saturated rings. The molecule has 0 aliphatic carbocycles. The number of carbonyl (C=O) groups is 1. The number of nitrogens with one attached hydrogen (secondary N) is 1. The average Bonchev–Trinajstić information content (AvgIpc) is 2.39. The maximum absolute atomic E-state index is 12.8. The van der Waals surface area contributed by atoms with E-state index < -0.39 is 0 Å². The van der Waals surface area contributed by atoms with Crippen molar-refractivity contribution in [1.82, 2.24) is 10.2 Å². The zero-order chi connectivity index (χ0) is 13.0. The van der Waals surface area contributed by atoms with Gasteiger partial charge in [0, 0.05) is 18.7 Å². The lowest BCUT2D eigenvalue weighted by molar-refractivity contribution is 0.0674. The molecule has 1 aliphatic heterocycles. The van der Waals surface area contributed by atoms with Crippen LogP contribution in [-0.4, -0.2) is 37.5 Å². The van der Waals surface area contributed by atoms with Gasteiger partial charge < -0.3 is 10.2 Å². The number of rotatable bonds is 3. The van der Waals surface area contributed by atoms with Crippen molar-refractivity contribution in [3.8, 4) is 0 Å². The fraction of sp³-hybridized carbons (Fsp3) is 0.500. The van der Waals surface area contributed by atoms with Crippen molar-refractivity contribution >= 4 is 18.3 Å². The number of likely N-dealkylation sites (tertiary alicyclic amines) is 1. The van der Waals surface area contributed by atoms with E-state index >= 15 is 0 Å². The van der Waals surface area contributed by atoms with Gasteiger partial charge in [-0.05, 0) is 56.6 Å². The summed E-state index contributed by atoms with van der Waals surface area (Å²) in [6, 6.07) is 5.78. The van der Waals surface area contributed by atoms with Gasteiger partial charge in [-0.3, -0.25) is 4.79 Å². The smallest absolute Gasteiger partial charge is 0.253 e. The van der Waals surface area contributed by atoms with Gasteiger partial charge in [0.2, 0.25) is 0 Å². The molecule has 1 aromatic carbocycles. The first-order valence-electron chi connectivity index (χ1n) is 6.40. The predicted octanol–water partition coefficient (Wildman–Crippen LogP) is 2.32. The molecule has 0 spiro atoms. The van der Waals surface area contributed by atoms with Gasteiger partial charge in [-0.25, -0.2) is 4.39 Å². The van der Waals surface area contributed by atoms with E-state index in [4.69, 9.17) is 0 Å². The number of amides is 1.